The molecule has 12 heteroatoms. The van der Waals surface area contributed by atoms with Crippen molar-refractivity contribution in [1.29, 1.82) is 26.3 Å². The lowest BCUT2D eigenvalue weighted by Gasteiger charge is -2.15. The highest BCUT2D eigenvalue weighted by Gasteiger charge is 2.17. The minimum absolute atomic E-state index is 0.221. The summed E-state index contributed by atoms with van der Waals surface area (Å²) in [5, 5.41) is 55.0. The molecule has 10 nitrogen and oxygen atoms in total. The Morgan fingerprint density at radius 3 is 0.688 bits per heavy atom. The molecule has 5 atom stereocenters. The average molecular weight is 1290 g/mol. The van der Waals surface area contributed by atoms with Crippen molar-refractivity contribution in [2.45, 2.75) is 95.3 Å². The normalized spacial score (nSPS) is 17.4. The van der Waals surface area contributed by atoms with Crippen LogP contribution in [0.1, 0.15) is 143 Å². The molecule has 0 N–H and O–H groups in total. The van der Waals surface area contributed by atoms with Gasteiger partial charge in [-0.05, 0) is 208 Å². The molecule has 5 aromatic carbocycles. The zero-order valence-electron chi connectivity index (χ0n) is 47.0. The molecule has 0 saturated heterocycles. The first-order valence-corrected chi connectivity index (χ1v) is 29.9. The van der Waals surface area contributed by atoms with E-state index in [2.05, 4.69) is 131 Å². The van der Waals surface area contributed by atoms with E-state index in [-0.39, 0.29) is 25.6 Å². The fourth-order valence-corrected chi connectivity index (χ4v) is 8.49. The maximum absolute atomic E-state index is 11.0. The number of hydrogen-bond acceptors (Lipinski definition) is 10. The van der Waals surface area contributed by atoms with Gasteiger partial charge in [0.2, 0.25) is 0 Å². The second kappa shape index (κ2) is 30.9. The predicted molar refractivity (Wildman–Crippen MR) is 342 cm³/mol. The number of hydrogen-bond donors (Lipinski definition) is 0. The van der Waals surface area contributed by atoms with Crippen LogP contribution in [0.2, 0.25) is 0 Å². The fraction of sp³-hybridized carbons (Fsp3) is 0.338. The minimum atomic E-state index is 0.221. The Balaban J connectivity index is 1.73. The number of ether oxygens (including phenoxy) is 5. The van der Waals surface area contributed by atoms with Crippen molar-refractivity contribution in [3.8, 4) is 59.1 Å². The van der Waals surface area contributed by atoms with Crippen molar-refractivity contribution in [2.75, 3.05) is 33.0 Å². The fourth-order valence-electron chi connectivity index (χ4n) is 8.13. The van der Waals surface area contributed by atoms with Gasteiger partial charge in [0.25, 0.3) is 0 Å². The lowest BCUT2D eigenvalue weighted by Crippen LogP contribution is -2.09. The van der Waals surface area contributed by atoms with Gasteiger partial charge in [0, 0.05) is 7.85 Å². The van der Waals surface area contributed by atoms with Crippen molar-refractivity contribution in [3.05, 3.63) is 147 Å². The van der Waals surface area contributed by atoms with Crippen LogP contribution in [-0.2, 0) is 0 Å². The van der Waals surface area contributed by atoms with E-state index in [9.17, 15) is 26.3 Å². The van der Waals surface area contributed by atoms with Crippen LogP contribution in [0.5, 0.6) is 28.7 Å². The molecule has 0 heterocycles. The zero-order valence-corrected chi connectivity index (χ0v) is 51.4. The van der Waals surface area contributed by atoms with Crippen molar-refractivity contribution < 1.29 is 23.7 Å². The highest BCUT2D eigenvalue weighted by Crippen LogP contribution is 2.36. The Morgan fingerprint density at radius 1 is 0.312 bits per heavy atom. The van der Waals surface area contributed by atoms with Crippen molar-refractivity contribution in [3.63, 3.8) is 0 Å². The molecule has 1 aliphatic carbocycles. The summed E-state index contributed by atoms with van der Waals surface area (Å²) in [5.74, 6) is 3.36. The van der Waals surface area contributed by atoms with E-state index in [1.165, 1.54) is 0 Å². The molecule has 0 fully saturated rings. The second-order valence-corrected chi connectivity index (χ2v) is 23.9. The molecule has 0 spiro atoms. The first-order valence-electron chi connectivity index (χ1n) is 27.4. The van der Waals surface area contributed by atoms with E-state index in [0.717, 1.165) is 32.1 Å². The Hall–Kier alpha value is -7.29. The summed E-state index contributed by atoms with van der Waals surface area (Å²) in [6, 6.07) is 39.9. The molecule has 0 aromatic heterocycles. The van der Waals surface area contributed by atoms with Gasteiger partial charge in [-0.1, -0.05) is 120 Å². The molecule has 5 aromatic rings. The van der Waals surface area contributed by atoms with Crippen molar-refractivity contribution in [2.24, 2.45) is 17.8 Å². The number of benzene rings is 5. The molecular formula is C68H69I2N5O5. The third-order valence-corrected chi connectivity index (χ3v) is 16.3. The topological polar surface area (TPSA) is 165 Å². The molecule has 10 bridgehead atoms. The lowest BCUT2D eigenvalue weighted by atomic mass is 9.96. The van der Waals surface area contributed by atoms with Gasteiger partial charge in [-0.2, -0.15) is 26.3 Å². The van der Waals surface area contributed by atoms with Gasteiger partial charge >= 0.3 is 0 Å². The summed E-state index contributed by atoms with van der Waals surface area (Å²) < 4.78 is 32.5. The highest BCUT2D eigenvalue weighted by atomic mass is 127. The molecule has 6 rings (SSSR count). The Bertz CT molecular complexity index is 2870. The Kier molecular flexibility index (Phi) is 23.9. The van der Waals surface area contributed by atoms with E-state index in [1.807, 2.05) is 91.0 Å². The summed E-state index contributed by atoms with van der Waals surface area (Å²) in [6.07, 6.45) is 13.3. The van der Waals surface area contributed by atoms with Crippen LogP contribution in [0.4, 0.5) is 0 Å². The summed E-state index contributed by atoms with van der Waals surface area (Å²) >= 11 is 4.73. The maximum Gasteiger partial charge on any atom is 0.120 e. The van der Waals surface area contributed by atoms with E-state index >= 15 is 0 Å². The summed E-state index contributed by atoms with van der Waals surface area (Å²) in [6.45, 7) is 19.0. The number of rotatable bonds is 20. The van der Waals surface area contributed by atoms with Crippen molar-refractivity contribution in [1.82, 2.24) is 0 Å². The molecule has 0 radical (unpaired) electrons. The molecule has 0 aliphatic heterocycles. The predicted octanol–water partition coefficient (Wildman–Crippen LogP) is 17.8. The molecule has 80 heavy (non-hydrogen) atoms. The van der Waals surface area contributed by atoms with Crippen LogP contribution in [0, 0.1) is 74.4 Å². The molecule has 0 unspecified atom stereocenters. The summed E-state index contributed by atoms with van der Waals surface area (Å²) in [5.41, 5.74) is 7.38. The monoisotopic (exact) mass is 1290 g/mol. The van der Waals surface area contributed by atoms with Gasteiger partial charge in [-0.15, -0.1) is 0 Å². The van der Waals surface area contributed by atoms with E-state index in [0.29, 0.717) is 145 Å². The minimum Gasteiger partial charge on any atom is -0.493 e. The van der Waals surface area contributed by atoms with Gasteiger partial charge in [0.05, 0.1) is 91.2 Å². The third kappa shape index (κ3) is 18.1. The molecule has 0 saturated carbocycles. The van der Waals surface area contributed by atoms with Gasteiger partial charge in [0.15, 0.2) is 0 Å². The van der Waals surface area contributed by atoms with E-state index in [1.54, 1.807) is 30.4 Å². The van der Waals surface area contributed by atoms with Gasteiger partial charge in [-0.3, -0.25) is 0 Å². The first kappa shape index (κ1) is 61.9. The molecule has 1 aliphatic rings. The number of halogens is 2. The Labute approximate surface area is 501 Å². The van der Waals surface area contributed by atoms with Crippen molar-refractivity contribution >= 4 is 103 Å². The largest absolute Gasteiger partial charge is 0.493 e. The number of fused-ring (bicyclic) bond motifs is 10. The molecule has 410 valence electrons. The molecular weight excluding hydrogens is 1220 g/mol. The maximum atomic E-state index is 11.0. The SMILES string of the molecule is CC[C@H](C)COc1cc2cc(c1)/C(C#N)=C/c1cc(OC[C@@H](I)CC)cc(c1)/C(C#N)=C/c1cc(OC[C@@H](C)CC)cc(c1)/C(C#N)=C/c1cc(OC[C@@H](I)CC)cc(c1)/C(C#N)=C/c1cc(OC[C@@H](C)CC)cc(c1)/C(C#N)=C/2. The summed E-state index contributed by atoms with van der Waals surface area (Å²) in [7, 11) is 0. The van der Waals surface area contributed by atoms with Crippen LogP contribution in [-0.4, -0.2) is 40.9 Å². The Morgan fingerprint density at radius 2 is 0.512 bits per heavy atom. The van der Waals surface area contributed by atoms with E-state index in [4.69, 9.17) is 23.7 Å². The second-order valence-electron chi connectivity index (χ2n) is 20.4. The number of alkyl halides is 2. The van der Waals surface area contributed by atoms with E-state index < -0.39 is 0 Å². The lowest BCUT2D eigenvalue weighted by molar-refractivity contribution is 0.256. The van der Waals surface area contributed by atoms with Crippen LogP contribution in [0.15, 0.2) is 91.0 Å². The number of allylic oxidation sites excluding steroid dienone is 5. The van der Waals surface area contributed by atoms with Gasteiger partial charge in [0.1, 0.15) is 28.7 Å². The van der Waals surface area contributed by atoms with Crippen LogP contribution < -0.4 is 23.7 Å². The molecule has 0 amide bonds. The number of nitriles is 5. The smallest absolute Gasteiger partial charge is 0.120 e. The number of nitrogens with zero attached hydrogens (tertiary/aromatic N) is 5. The highest BCUT2D eigenvalue weighted by molar-refractivity contribution is 14.1. The summed E-state index contributed by atoms with van der Waals surface area (Å²) in [4.78, 5) is 0. The van der Waals surface area contributed by atoms with Crippen LogP contribution in [0.3, 0.4) is 0 Å². The third-order valence-electron chi connectivity index (χ3n) is 13.8. The standard InChI is InChI=1S/C68H69I2N5O5/c1-9-44(6)39-76-64-24-47-14-53(30-64)58(35-72)22-50-17-56(33-67(27-50)79-42-62(69)12-4)61(38-75)21-49-16-54(31-66(26-49)78-41-46(8)11-3)59(36-73)23-51-18-55(32-68(28-51)80-43-63(70)13-5)60(37-74)20-48-15-52(57(19-47)34-71)29-65(25-48)77-40-45(7)10-2/h14-33,44-46,62-63H,9-13,39-43H2,1-8H3/b57-19+,58-22+,59-23+,60-20+,61-21+/t44-,45-,46-,62-,63-/m0/s1. The van der Waals surface area contributed by atoms with Crippen LogP contribution >= 0.6 is 45.2 Å². The van der Waals surface area contributed by atoms with Crippen LogP contribution in [0.25, 0.3) is 58.2 Å². The quantitative estimate of drug-likeness (QED) is 0.0541. The van der Waals surface area contributed by atoms with Gasteiger partial charge in [-0.25, -0.2) is 0 Å². The van der Waals surface area contributed by atoms with Gasteiger partial charge < -0.3 is 23.7 Å². The first-order chi connectivity index (χ1) is 38.6. The zero-order chi connectivity index (χ0) is 57.7. The average Bonchev–Trinajstić information content (AvgIpc) is 3.48.